The van der Waals surface area contributed by atoms with Gasteiger partial charge in [-0.15, -0.1) is 0 Å². The molecule has 0 spiro atoms. The summed E-state index contributed by atoms with van der Waals surface area (Å²) in [6, 6.07) is 3.92. The molecule has 0 unspecified atom stereocenters. The van der Waals surface area contributed by atoms with Gasteiger partial charge in [-0.1, -0.05) is 0 Å². The molecule has 0 aliphatic rings. The molecule has 0 saturated carbocycles. The maximum atomic E-state index is 5.49. The van der Waals surface area contributed by atoms with E-state index in [4.69, 9.17) is 9.47 Å². The number of aromatic nitrogens is 1. The van der Waals surface area contributed by atoms with Gasteiger partial charge in [0.1, 0.15) is 5.82 Å². The number of hydrogen-bond acceptors (Lipinski definition) is 4. The molecule has 1 aromatic rings. The predicted molar refractivity (Wildman–Crippen MR) is 64.5 cm³/mol. The predicted octanol–water partition coefficient (Wildman–Crippen LogP) is 2.06. The average molecular weight is 224 g/mol. The van der Waals surface area contributed by atoms with Crippen LogP contribution in [-0.4, -0.2) is 31.3 Å². The van der Waals surface area contributed by atoms with E-state index in [1.54, 1.807) is 6.20 Å². The molecule has 90 valence electrons. The summed E-state index contributed by atoms with van der Waals surface area (Å²) in [7, 11) is 1.85. The highest BCUT2D eigenvalue weighted by molar-refractivity contribution is 5.36. The zero-order valence-electron chi connectivity index (χ0n) is 10.2. The van der Waals surface area contributed by atoms with Gasteiger partial charge in [0, 0.05) is 13.2 Å². The fourth-order valence-corrected chi connectivity index (χ4v) is 1.23. The molecule has 0 saturated heterocycles. The van der Waals surface area contributed by atoms with Crippen molar-refractivity contribution in [2.24, 2.45) is 0 Å². The third kappa shape index (κ3) is 5.09. The van der Waals surface area contributed by atoms with Gasteiger partial charge in [-0.3, -0.25) is 0 Å². The minimum atomic E-state index is 0.264. The molecule has 0 atom stereocenters. The Hall–Kier alpha value is -1.13. The van der Waals surface area contributed by atoms with Gasteiger partial charge in [0.25, 0.3) is 0 Å². The lowest BCUT2D eigenvalue weighted by atomic mass is 10.3. The highest BCUT2D eigenvalue weighted by Crippen LogP contribution is 2.06. The lowest BCUT2D eigenvalue weighted by Gasteiger charge is -2.08. The number of anilines is 1. The molecule has 4 nitrogen and oxygen atoms in total. The van der Waals surface area contributed by atoms with Crippen molar-refractivity contribution >= 4 is 5.82 Å². The number of pyridine rings is 1. The van der Waals surface area contributed by atoms with Gasteiger partial charge in [0.05, 0.1) is 25.9 Å². The molecular weight excluding hydrogens is 204 g/mol. The van der Waals surface area contributed by atoms with Gasteiger partial charge in [-0.25, -0.2) is 4.98 Å². The Bertz CT molecular complexity index is 303. The van der Waals surface area contributed by atoms with Crippen molar-refractivity contribution in [2.45, 2.75) is 26.6 Å². The van der Waals surface area contributed by atoms with E-state index in [9.17, 15) is 0 Å². The average Bonchev–Trinajstić information content (AvgIpc) is 2.28. The summed E-state index contributed by atoms with van der Waals surface area (Å²) in [4.78, 5) is 4.13. The molecule has 0 fully saturated rings. The highest BCUT2D eigenvalue weighted by Gasteiger charge is 1.97. The number of nitrogens with zero attached hydrogens (tertiary/aromatic N) is 1. The molecule has 1 rings (SSSR count). The second-order valence-electron chi connectivity index (χ2n) is 3.77. The minimum Gasteiger partial charge on any atom is -0.376 e. The Morgan fingerprint density at radius 1 is 1.38 bits per heavy atom. The van der Waals surface area contributed by atoms with Crippen LogP contribution in [0.5, 0.6) is 0 Å². The molecule has 0 bridgehead atoms. The lowest BCUT2D eigenvalue weighted by molar-refractivity contribution is 0.0143. The Balaban J connectivity index is 2.21. The van der Waals surface area contributed by atoms with Crippen molar-refractivity contribution in [3.63, 3.8) is 0 Å². The van der Waals surface area contributed by atoms with Gasteiger partial charge in [0.2, 0.25) is 0 Å². The Morgan fingerprint density at radius 2 is 2.19 bits per heavy atom. The molecule has 0 aliphatic heterocycles. The number of rotatable bonds is 7. The largest absolute Gasteiger partial charge is 0.376 e. The second-order valence-corrected chi connectivity index (χ2v) is 3.77. The highest BCUT2D eigenvalue weighted by atomic mass is 16.5. The maximum absolute atomic E-state index is 5.49. The van der Waals surface area contributed by atoms with E-state index in [2.05, 4.69) is 10.3 Å². The summed E-state index contributed by atoms with van der Waals surface area (Å²) in [5, 5.41) is 2.99. The first-order valence-electron chi connectivity index (χ1n) is 5.54. The summed E-state index contributed by atoms with van der Waals surface area (Å²) in [5.41, 5.74) is 1.11. The van der Waals surface area contributed by atoms with E-state index < -0.39 is 0 Å². The van der Waals surface area contributed by atoms with E-state index in [0.717, 1.165) is 11.4 Å². The Morgan fingerprint density at radius 3 is 2.88 bits per heavy atom. The van der Waals surface area contributed by atoms with Crippen LogP contribution in [0.3, 0.4) is 0 Å². The van der Waals surface area contributed by atoms with Crippen LogP contribution in [0.15, 0.2) is 18.3 Å². The van der Waals surface area contributed by atoms with Crippen LogP contribution in [0.25, 0.3) is 0 Å². The molecule has 0 aliphatic carbocycles. The van der Waals surface area contributed by atoms with Crippen molar-refractivity contribution in [1.82, 2.24) is 4.98 Å². The molecule has 16 heavy (non-hydrogen) atoms. The molecule has 0 amide bonds. The number of ether oxygens (including phenoxy) is 2. The van der Waals surface area contributed by atoms with E-state index in [1.165, 1.54) is 0 Å². The lowest BCUT2D eigenvalue weighted by Crippen LogP contribution is -2.09. The molecular formula is C12H20N2O2. The zero-order valence-corrected chi connectivity index (χ0v) is 10.2. The van der Waals surface area contributed by atoms with Crippen molar-refractivity contribution in [1.29, 1.82) is 0 Å². The molecule has 0 aromatic carbocycles. The summed E-state index contributed by atoms with van der Waals surface area (Å²) in [5.74, 6) is 0.861. The van der Waals surface area contributed by atoms with Crippen LogP contribution in [0.2, 0.25) is 0 Å². The van der Waals surface area contributed by atoms with Gasteiger partial charge in [-0.05, 0) is 31.5 Å². The van der Waals surface area contributed by atoms with Crippen LogP contribution in [0.1, 0.15) is 19.4 Å². The van der Waals surface area contributed by atoms with Crippen LogP contribution in [-0.2, 0) is 16.1 Å². The molecule has 1 N–H and O–H groups in total. The monoisotopic (exact) mass is 224 g/mol. The summed E-state index contributed by atoms with van der Waals surface area (Å²) < 4.78 is 10.9. The van der Waals surface area contributed by atoms with E-state index >= 15 is 0 Å². The normalized spacial score (nSPS) is 10.8. The minimum absolute atomic E-state index is 0.264. The molecule has 0 radical (unpaired) electrons. The Labute approximate surface area is 97.0 Å². The summed E-state index contributed by atoms with van der Waals surface area (Å²) in [6.45, 7) is 5.89. The fraction of sp³-hybridized carbons (Fsp3) is 0.583. The van der Waals surface area contributed by atoms with Gasteiger partial charge in [-0.2, -0.15) is 0 Å². The standard InChI is InChI=1S/C12H20N2O2/c1-10(2)16-7-6-15-9-11-4-5-14-12(8-11)13-3/h4-5,8,10H,6-7,9H2,1-3H3,(H,13,14). The maximum Gasteiger partial charge on any atom is 0.125 e. The SMILES string of the molecule is CNc1cc(COCCOC(C)C)ccn1. The third-order valence-electron chi connectivity index (χ3n) is 2.03. The number of nitrogens with one attached hydrogen (secondary N) is 1. The van der Waals surface area contributed by atoms with Gasteiger partial charge in [0.15, 0.2) is 0 Å². The van der Waals surface area contributed by atoms with E-state index in [-0.39, 0.29) is 6.10 Å². The van der Waals surface area contributed by atoms with Crippen LogP contribution in [0, 0.1) is 0 Å². The summed E-state index contributed by atoms with van der Waals surface area (Å²) in [6.07, 6.45) is 2.04. The first kappa shape index (κ1) is 12.9. The van der Waals surface area contributed by atoms with Gasteiger partial charge < -0.3 is 14.8 Å². The van der Waals surface area contributed by atoms with Crippen LogP contribution >= 0.6 is 0 Å². The quantitative estimate of drug-likeness (QED) is 0.720. The van der Waals surface area contributed by atoms with E-state index in [1.807, 2.05) is 33.0 Å². The first-order chi connectivity index (χ1) is 7.72. The first-order valence-corrected chi connectivity index (χ1v) is 5.54. The number of hydrogen-bond donors (Lipinski definition) is 1. The second kappa shape index (κ2) is 7.19. The zero-order chi connectivity index (χ0) is 11.8. The van der Waals surface area contributed by atoms with Crippen molar-refractivity contribution in [3.05, 3.63) is 23.9 Å². The smallest absolute Gasteiger partial charge is 0.125 e. The van der Waals surface area contributed by atoms with Crippen molar-refractivity contribution in [3.8, 4) is 0 Å². The fourth-order valence-electron chi connectivity index (χ4n) is 1.23. The Kier molecular flexibility index (Phi) is 5.82. The molecule has 1 heterocycles. The topological polar surface area (TPSA) is 43.4 Å². The van der Waals surface area contributed by atoms with Crippen LogP contribution < -0.4 is 5.32 Å². The van der Waals surface area contributed by atoms with Crippen LogP contribution in [0.4, 0.5) is 5.82 Å². The van der Waals surface area contributed by atoms with Gasteiger partial charge >= 0.3 is 0 Å². The van der Waals surface area contributed by atoms with Crippen molar-refractivity contribution in [2.75, 3.05) is 25.6 Å². The third-order valence-corrected chi connectivity index (χ3v) is 2.03. The van der Waals surface area contributed by atoms with Crippen molar-refractivity contribution < 1.29 is 9.47 Å². The molecule has 4 heteroatoms. The summed E-state index contributed by atoms with van der Waals surface area (Å²) >= 11 is 0. The molecule has 1 aromatic heterocycles. The van der Waals surface area contributed by atoms with E-state index in [0.29, 0.717) is 19.8 Å².